The molecule has 262 valence electrons. The zero-order valence-corrected chi connectivity index (χ0v) is 30.3. The molecule has 0 saturated carbocycles. The van der Waals surface area contributed by atoms with Gasteiger partial charge in [-0.05, 0) is 88.0 Å². The molecule has 4 nitrogen and oxygen atoms in total. The summed E-state index contributed by atoms with van der Waals surface area (Å²) >= 11 is 0. The second kappa shape index (κ2) is 13.1. The predicted octanol–water partition coefficient (Wildman–Crippen LogP) is 13.8. The van der Waals surface area contributed by atoms with Gasteiger partial charge in [-0.25, -0.2) is 9.97 Å². The highest BCUT2D eigenvalue weighted by Gasteiger charge is 2.21. The quantitative estimate of drug-likeness (QED) is 0.172. The van der Waals surface area contributed by atoms with Gasteiger partial charge in [0.05, 0.1) is 11.0 Å². The maximum atomic E-state index is 6.57. The molecule has 0 atom stereocenters. The molecular weight excluding hydrogens is 683 g/mol. The van der Waals surface area contributed by atoms with E-state index in [0.29, 0.717) is 11.4 Å². The minimum Gasteiger partial charge on any atom is -0.452 e. The average Bonchev–Trinajstić information content (AvgIpc) is 3.83. The molecule has 0 radical (unpaired) electrons. The average molecular weight is 716 g/mol. The lowest BCUT2D eigenvalue weighted by atomic mass is 9.95. The second-order valence-corrected chi connectivity index (χ2v) is 14.2. The number of nitrogens with zero attached hydrogens (tertiary/aromatic N) is 3. The molecule has 0 aliphatic rings. The highest BCUT2D eigenvalue weighted by atomic mass is 16.3. The molecule has 11 aromatic rings. The highest BCUT2D eigenvalue weighted by molar-refractivity contribution is 6.17. The van der Waals surface area contributed by atoms with Gasteiger partial charge in [-0.2, -0.15) is 0 Å². The van der Waals surface area contributed by atoms with E-state index in [9.17, 15) is 0 Å². The predicted molar refractivity (Wildman–Crippen MR) is 231 cm³/mol. The zero-order valence-electron chi connectivity index (χ0n) is 30.3. The van der Waals surface area contributed by atoms with Crippen LogP contribution in [-0.4, -0.2) is 14.5 Å². The molecular formula is C52H33N3O. The third-order valence-electron chi connectivity index (χ3n) is 10.8. The van der Waals surface area contributed by atoms with Gasteiger partial charge in [-0.3, -0.25) is 0 Å². The first kappa shape index (κ1) is 31.9. The number of rotatable bonds is 6. The lowest BCUT2D eigenvalue weighted by Crippen LogP contribution is -1.95. The van der Waals surface area contributed by atoms with Gasteiger partial charge in [0.2, 0.25) is 0 Å². The molecule has 4 heteroatoms. The molecule has 0 fully saturated rings. The Balaban J connectivity index is 1.13. The number of aromatic nitrogens is 3. The van der Waals surface area contributed by atoms with Crippen molar-refractivity contribution >= 4 is 43.9 Å². The molecule has 0 spiro atoms. The Morgan fingerprint density at radius 2 is 1.00 bits per heavy atom. The van der Waals surface area contributed by atoms with E-state index in [2.05, 4.69) is 180 Å². The van der Waals surface area contributed by atoms with Gasteiger partial charge in [0.1, 0.15) is 16.8 Å². The van der Waals surface area contributed by atoms with Crippen molar-refractivity contribution in [3.63, 3.8) is 0 Å². The normalized spacial score (nSPS) is 11.6. The minimum absolute atomic E-state index is 0.656. The van der Waals surface area contributed by atoms with Crippen LogP contribution in [0.3, 0.4) is 0 Å². The van der Waals surface area contributed by atoms with E-state index < -0.39 is 0 Å². The molecule has 0 unspecified atom stereocenters. The van der Waals surface area contributed by atoms with Crippen molar-refractivity contribution in [1.82, 2.24) is 14.5 Å². The van der Waals surface area contributed by atoms with E-state index in [1.54, 1.807) is 0 Å². The van der Waals surface area contributed by atoms with Crippen LogP contribution in [0.2, 0.25) is 0 Å². The monoisotopic (exact) mass is 715 g/mol. The zero-order chi connectivity index (χ0) is 37.0. The van der Waals surface area contributed by atoms with Gasteiger partial charge >= 0.3 is 0 Å². The molecule has 3 aromatic heterocycles. The van der Waals surface area contributed by atoms with Crippen LogP contribution >= 0.6 is 0 Å². The molecule has 8 aromatic carbocycles. The smallest absolute Gasteiger partial charge is 0.180 e. The standard InChI is InChI=1S/C52H33N3O/c1-4-15-34(16-5-1)36-19-12-22-40(31-36)52-53-49(51-50(54-52)43-25-10-11-28-47(43)56-51)39-21-13-20-38(32-39)42-26-14-27-46-48(42)44-33-37(35-17-6-2-7-18-35)29-30-45(44)55(46)41-23-8-3-9-24-41/h1-33H. The van der Waals surface area contributed by atoms with Gasteiger partial charge in [0.25, 0.3) is 0 Å². The lowest BCUT2D eigenvalue weighted by molar-refractivity contribution is 0.667. The SMILES string of the molecule is c1ccc(-c2cccc(-c3nc(-c4cccc(-c5cccc6c5c5cc(-c7ccccc7)ccc5n6-c5ccccc5)c4)c4oc5ccccc5c4n3)c2)cc1. The minimum atomic E-state index is 0.656. The fraction of sp³-hybridized carbons (Fsp3) is 0. The summed E-state index contributed by atoms with van der Waals surface area (Å²) in [6.45, 7) is 0. The van der Waals surface area contributed by atoms with Gasteiger partial charge in [0.15, 0.2) is 11.4 Å². The van der Waals surface area contributed by atoms with E-state index >= 15 is 0 Å². The molecule has 0 aliphatic heterocycles. The number of fused-ring (bicyclic) bond motifs is 6. The maximum Gasteiger partial charge on any atom is 0.180 e. The van der Waals surface area contributed by atoms with E-state index in [4.69, 9.17) is 14.4 Å². The third-order valence-corrected chi connectivity index (χ3v) is 10.8. The van der Waals surface area contributed by atoms with Gasteiger partial charge in [-0.1, -0.05) is 146 Å². The third kappa shape index (κ3) is 5.31. The summed E-state index contributed by atoms with van der Waals surface area (Å²) in [7, 11) is 0. The Bertz CT molecular complexity index is 3240. The van der Waals surface area contributed by atoms with Crippen LogP contribution in [0.1, 0.15) is 0 Å². The van der Waals surface area contributed by atoms with Crippen molar-refractivity contribution in [2.75, 3.05) is 0 Å². The second-order valence-electron chi connectivity index (χ2n) is 14.2. The van der Waals surface area contributed by atoms with E-state index in [0.717, 1.165) is 72.3 Å². The van der Waals surface area contributed by atoms with Crippen LogP contribution in [0.15, 0.2) is 205 Å². The summed E-state index contributed by atoms with van der Waals surface area (Å²) < 4.78 is 8.95. The molecule has 3 heterocycles. The van der Waals surface area contributed by atoms with Crippen molar-refractivity contribution in [3.05, 3.63) is 200 Å². The first-order valence-electron chi connectivity index (χ1n) is 18.9. The van der Waals surface area contributed by atoms with Crippen molar-refractivity contribution < 1.29 is 4.42 Å². The van der Waals surface area contributed by atoms with Crippen LogP contribution < -0.4 is 0 Å². The van der Waals surface area contributed by atoms with E-state index in [-0.39, 0.29) is 0 Å². The van der Waals surface area contributed by atoms with Crippen molar-refractivity contribution in [2.45, 2.75) is 0 Å². The maximum absolute atomic E-state index is 6.57. The van der Waals surface area contributed by atoms with E-state index in [1.165, 1.54) is 21.9 Å². The molecule has 56 heavy (non-hydrogen) atoms. The molecule has 0 aliphatic carbocycles. The van der Waals surface area contributed by atoms with Gasteiger partial charge < -0.3 is 8.98 Å². The number of para-hydroxylation sites is 2. The largest absolute Gasteiger partial charge is 0.452 e. The summed E-state index contributed by atoms with van der Waals surface area (Å²) in [6, 6.07) is 70.4. The Kier molecular flexibility index (Phi) is 7.46. The fourth-order valence-electron chi connectivity index (χ4n) is 8.19. The first-order chi connectivity index (χ1) is 27.8. The van der Waals surface area contributed by atoms with Gasteiger partial charge in [-0.15, -0.1) is 0 Å². The summed E-state index contributed by atoms with van der Waals surface area (Å²) in [4.78, 5) is 10.5. The molecule has 0 bridgehead atoms. The Labute approximate surface area is 323 Å². The Hall–Kier alpha value is -7.56. The summed E-state index contributed by atoms with van der Waals surface area (Å²) in [5.74, 6) is 0.656. The fourth-order valence-corrected chi connectivity index (χ4v) is 8.19. The summed E-state index contributed by atoms with van der Waals surface area (Å²) in [5.41, 5.74) is 15.3. The van der Waals surface area contributed by atoms with Crippen LogP contribution in [0.5, 0.6) is 0 Å². The first-order valence-corrected chi connectivity index (χ1v) is 18.9. The van der Waals surface area contributed by atoms with Crippen LogP contribution in [0, 0.1) is 0 Å². The number of hydrogen-bond acceptors (Lipinski definition) is 3. The highest BCUT2D eigenvalue weighted by Crippen LogP contribution is 2.42. The Morgan fingerprint density at radius 3 is 1.79 bits per heavy atom. The van der Waals surface area contributed by atoms with E-state index in [1.807, 2.05) is 24.3 Å². The molecule has 0 amide bonds. The van der Waals surface area contributed by atoms with Gasteiger partial charge in [0, 0.05) is 33.0 Å². The number of benzene rings is 8. The van der Waals surface area contributed by atoms with Crippen molar-refractivity contribution in [2.24, 2.45) is 0 Å². The van der Waals surface area contributed by atoms with Crippen LogP contribution in [0.25, 0.3) is 106 Å². The summed E-state index contributed by atoms with van der Waals surface area (Å²) in [5, 5.41) is 3.38. The molecule has 11 rings (SSSR count). The molecule has 0 saturated heterocycles. The van der Waals surface area contributed by atoms with Crippen LogP contribution in [-0.2, 0) is 0 Å². The number of furan rings is 1. The number of hydrogen-bond donors (Lipinski definition) is 0. The lowest BCUT2D eigenvalue weighted by Gasteiger charge is -2.11. The summed E-state index contributed by atoms with van der Waals surface area (Å²) in [6.07, 6.45) is 0. The van der Waals surface area contributed by atoms with Crippen molar-refractivity contribution in [1.29, 1.82) is 0 Å². The topological polar surface area (TPSA) is 43.9 Å². The molecule has 0 N–H and O–H groups in total. The van der Waals surface area contributed by atoms with Crippen LogP contribution in [0.4, 0.5) is 0 Å². The Morgan fingerprint density at radius 1 is 0.393 bits per heavy atom. The van der Waals surface area contributed by atoms with Crippen molar-refractivity contribution in [3.8, 4) is 61.7 Å².